The van der Waals surface area contributed by atoms with E-state index in [2.05, 4.69) is 36.5 Å². The van der Waals surface area contributed by atoms with Crippen LogP contribution in [-0.4, -0.2) is 169 Å². The first-order valence-corrected chi connectivity index (χ1v) is 24.5. The molecule has 1 unspecified atom stereocenters. The van der Waals surface area contributed by atoms with Gasteiger partial charge in [0.25, 0.3) is 0 Å². The van der Waals surface area contributed by atoms with E-state index in [-0.39, 0.29) is 55.3 Å². The minimum absolute atomic E-state index is 0.0510. The SMILES string of the molecule is Cc1ccc(N2CCCC(N(Cc3ccnc(C)c3)Cc3cn(C4CC4)c4cc(OCCN(C)C(=O)CCOCCOCCOCCOCCOCCOCCOCCN)c(F)cc4c3=O)C2)cn1. The Hall–Kier alpha value is -4.63. The maximum atomic E-state index is 15.8. The van der Waals surface area contributed by atoms with Crippen molar-refractivity contribution in [3.63, 3.8) is 0 Å². The summed E-state index contributed by atoms with van der Waals surface area (Å²) >= 11 is 0. The Morgan fingerprint density at radius 2 is 1.41 bits per heavy atom. The zero-order chi connectivity index (χ0) is 48.6. The highest BCUT2D eigenvalue weighted by molar-refractivity contribution is 5.81. The Balaban J connectivity index is 0.899. The summed E-state index contributed by atoms with van der Waals surface area (Å²) in [6.07, 6.45) is 9.90. The largest absolute Gasteiger partial charge is 0.489 e. The number of hydrogen-bond donors (Lipinski definition) is 1. The minimum Gasteiger partial charge on any atom is -0.489 e. The first-order chi connectivity index (χ1) is 33.7. The van der Waals surface area contributed by atoms with Gasteiger partial charge in [-0.15, -0.1) is 0 Å². The van der Waals surface area contributed by atoms with E-state index in [1.165, 1.54) is 6.07 Å². The van der Waals surface area contributed by atoms with Crippen LogP contribution in [0, 0.1) is 19.7 Å². The summed E-state index contributed by atoms with van der Waals surface area (Å²) in [5, 5.41) is 0.338. The van der Waals surface area contributed by atoms with E-state index >= 15 is 4.39 Å². The van der Waals surface area contributed by atoms with Crippen LogP contribution < -0.4 is 20.8 Å². The Morgan fingerprint density at radius 3 is 2.00 bits per heavy atom. The van der Waals surface area contributed by atoms with Crippen LogP contribution >= 0.6 is 0 Å². The molecule has 2 fully saturated rings. The third-order valence-electron chi connectivity index (χ3n) is 12.1. The van der Waals surface area contributed by atoms with Crippen molar-refractivity contribution in [3.05, 3.63) is 93.5 Å². The molecule has 4 heterocycles. The van der Waals surface area contributed by atoms with Crippen LogP contribution in [0.1, 0.15) is 60.7 Å². The number of hydrogen-bond acceptors (Lipinski definition) is 15. The fourth-order valence-electron chi connectivity index (χ4n) is 8.16. The van der Waals surface area contributed by atoms with Gasteiger partial charge in [0.15, 0.2) is 17.0 Å². The van der Waals surface area contributed by atoms with Gasteiger partial charge in [-0.2, -0.15) is 0 Å². The number of carbonyl (C=O) groups is 1. The van der Waals surface area contributed by atoms with Crippen molar-refractivity contribution >= 4 is 22.5 Å². The van der Waals surface area contributed by atoms with E-state index in [4.69, 9.17) is 43.6 Å². The lowest BCUT2D eigenvalue weighted by atomic mass is 10.0. The molecule has 2 aliphatic rings. The minimum atomic E-state index is -0.611. The summed E-state index contributed by atoms with van der Waals surface area (Å²) in [6.45, 7) is 13.9. The molecule has 2 N–H and O–H groups in total. The van der Waals surface area contributed by atoms with Gasteiger partial charge in [0.1, 0.15) is 6.61 Å². The fraction of sp³-hybridized carbons (Fsp3) is 0.608. The number of nitrogens with zero attached hydrogens (tertiary/aromatic N) is 6. The Labute approximate surface area is 406 Å². The highest BCUT2D eigenvalue weighted by Gasteiger charge is 2.30. The van der Waals surface area contributed by atoms with Crippen LogP contribution in [0.25, 0.3) is 10.9 Å². The predicted molar refractivity (Wildman–Crippen MR) is 261 cm³/mol. The lowest BCUT2D eigenvalue weighted by molar-refractivity contribution is -0.131. The van der Waals surface area contributed by atoms with E-state index in [0.29, 0.717) is 122 Å². The van der Waals surface area contributed by atoms with Crippen molar-refractivity contribution in [2.45, 2.75) is 71.1 Å². The fourth-order valence-corrected chi connectivity index (χ4v) is 8.16. The smallest absolute Gasteiger partial charge is 0.224 e. The Bertz CT molecular complexity index is 2200. The second-order valence-electron chi connectivity index (χ2n) is 17.5. The average molecular weight is 964 g/mol. The van der Waals surface area contributed by atoms with Gasteiger partial charge in [0, 0.05) is 92.7 Å². The highest BCUT2D eigenvalue weighted by Crippen LogP contribution is 2.38. The zero-order valence-corrected chi connectivity index (χ0v) is 41.0. The van der Waals surface area contributed by atoms with Crippen molar-refractivity contribution in [1.29, 1.82) is 0 Å². The molecule has 18 heteroatoms. The van der Waals surface area contributed by atoms with Crippen LogP contribution in [-0.2, 0) is 51.0 Å². The molecule has 3 aromatic heterocycles. The number of likely N-dealkylation sites (N-methyl/N-ethyl adjacent to an activating group) is 1. The number of ether oxygens (including phenoxy) is 8. The van der Waals surface area contributed by atoms with E-state index < -0.39 is 5.82 Å². The molecule has 6 rings (SSSR count). The Morgan fingerprint density at radius 1 is 0.768 bits per heavy atom. The van der Waals surface area contributed by atoms with Gasteiger partial charge >= 0.3 is 0 Å². The molecule has 4 aromatic rings. The monoisotopic (exact) mass is 964 g/mol. The third-order valence-corrected chi connectivity index (χ3v) is 12.1. The quantitative estimate of drug-likeness (QED) is 0.0629. The molecule has 380 valence electrons. The lowest BCUT2D eigenvalue weighted by Crippen LogP contribution is -2.48. The van der Waals surface area contributed by atoms with E-state index in [1.807, 2.05) is 44.6 Å². The van der Waals surface area contributed by atoms with Crippen LogP contribution in [0.4, 0.5) is 10.1 Å². The van der Waals surface area contributed by atoms with Crippen LogP contribution in [0.15, 0.2) is 59.8 Å². The number of carbonyl (C=O) groups excluding carboxylic acids is 1. The number of halogens is 1. The van der Waals surface area contributed by atoms with Gasteiger partial charge < -0.3 is 58.0 Å². The topological polar surface area (TPSA) is 174 Å². The number of anilines is 1. The van der Waals surface area contributed by atoms with Crippen LogP contribution in [0.2, 0.25) is 0 Å². The maximum absolute atomic E-state index is 15.8. The number of nitrogens with two attached hydrogens (primary N) is 1. The summed E-state index contributed by atoms with van der Waals surface area (Å²) in [7, 11) is 1.68. The highest BCUT2D eigenvalue weighted by atomic mass is 19.1. The van der Waals surface area contributed by atoms with Crippen LogP contribution in [0.5, 0.6) is 5.75 Å². The van der Waals surface area contributed by atoms with E-state index in [9.17, 15) is 9.59 Å². The first-order valence-electron chi connectivity index (χ1n) is 24.5. The van der Waals surface area contributed by atoms with Gasteiger partial charge in [-0.3, -0.25) is 24.5 Å². The lowest BCUT2D eigenvalue weighted by Gasteiger charge is -2.40. The molecule has 1 amide bonds. The summed E-state index contributed by atoms with van der Waals surface area (Å²) in [6, 6.07) is 11.7. The normalized spacial score (nSPS) is 15.1. The number of benzene rings is 1. The molecule has 1 atom stereocenters. The Kier molecular flexibility index (Phi) is 23.0. The molecule has 0 spiro atoms. The van der Waals surface area contributed by atoms with Crippen molar-refractivity contribution in [2.24, 2.45) is 5.73 Å². The summed E-state index contributed by atoms with van der Waals surface area (Å²) < 4.78 is 62.1. The number of fused-ring (bicyclic) bond motifs is 1. The van der Waals surface area contributed by atoms with Gasteiger partial charge in [-0.25, -0.2) is 4.39 Å². The van der Waals surface area contributed by atoms with Gasteiger partial charge in [0.05, 0.1) is 123 Å². The predicted octanol–water partition coefficient (Wildman–Crippen LogP) is 4.86. The van der Waals surface area contributed by atoms with Gasteiger partial charge in [-0.05, 0) is 75.4 Å². The van der Waals surface area contributed by atoms with Crippen molar-refractivity contribution < 1.29 is 47.1 Å². The average Bonchev–Trinajstić information content (AvgIpc) is 4.20. The molecule has 0 bridgehead atoms. The number of aromatic nitrogens is 3. The zero-order valence-electron chi connectivity index (χ0n) is 41.0. The van der Waals surface area contributed by atoms with Gasteiger partial charge in [0.2, 0.25) is 5.91 Å². The second-order valence-corrected chi connectivity index (χ2v) is 17.5. The van der Waals surface area contributed by atoms with Crippen LogP contribution in [0.3, 0.4) is 0 Å². The molecule has 0 radical (unpaired) electrons. The molecule has 1 saturated carbocycles. The number of aryl methyl sites for hydroxylation is 2. The molecule has 17 nitrogen and oxygen atoms in total. The number of piperidine rings is 1. The molecule has 1 saturated heterocycles. The molecule has 1 aromatic carbocycles. The van der Waals surface area contributed by atoms with Gasteiger partial charge in [-0.1, -0.05) is 0 Å². The standard InChI is InChI=1S/C51H74FN7O10/c1-39-6-7-44(34-55-39)57-14-4-5-45(38-57)58(35-41-10-13-54-40(2)31-41)36-42-37-59(43-8-9-43)48-33-49(47(52)32-46(48)51(42)61)69-18-15-56(3)50(60)11-16-62-19-21-64-23-25-66-27-29-68-30-28-67-26-24-65-22-20-63-17-12-53/h6-7,10,13,31-34,37,43,45H,4-5,8-9,11-12,14-30,35-36,38,53H2,1-3H3. The van der Waals surface area contributed by atoms with E-state index in [0.717, 1.165) is 61.4 Å². The van der Waals surface area contributed by atoms with Crippen molar-refractivity contribution in [2.75, 3.05) is 137 Å². The summed E-state index contributed by atoms with van der Waals surface area (Å²) in [5.41, 5.74) is 10.6. The number of amides is 1. The molecule has 1 aliphatic carbocycles. The van der Waals surface area contributed by atoms with Crippen molar-refractivity contribution in [3.8, 4) is 5.75 Å². The first kappa shape index (κ1) is 53.7. The number of pyridine rings is 3. The van der Waals surface area contributed by atoms with Crippen molar-refractivity contribution in [1.82, 2.24) is 24.3 Å². The molecule has 69 heavy (non-hydrogen) atoms. The molecular weight excluding hydrogens is 890 g/mol. The number of rotatable bonds is 34. The van der Waals surface area contributed by atoms with E-state index in [1.54, 1.807) is 18.0 Å². The molecule has 1 aliphatic heterocycles. The summed E-state index contributed by atoms with van der Waals surface area (Å²) in [5.74, 6) is -0.679. The second kappa shape index (κ2) is 29.5. The summed E-state index contributed by atoms with van der Waals surface area (Å²) in [4.78, 5) is 42.4. The molecular formula is C51H74FN7O10. The maximum Gasteiger partial charge on any atom is 0.224 e. The third kappa shape index (κ3) is 18.2.